The summed E-state index contributed by atoms with van der Waals surface area (Å²) in [4.78, 5) is 29.4. The van der Waals surface area contributed by atoms with Crippen LogP contribution in [0.25, 0.3) is 27.7 Å². The first-order valence-electron chi connectivity index (χ1n) is 11.7. The van der Waals surface area contributed by atoms with Crippen molar-refractivity contribution in [2.75, 3.05) is 10.6 Å². The van der Waals surface area contributed by atoms with Gasteiger partial charge >= 0.3 is 6.09 Å². The fourth-order valence-corrected chi connectivity index (χ4v) is 4.19. The summed E-state index contributed by atoms with van der Waals surface area (Å²) in [5, 5.41) is 8.00. The number of halogens is 1. The molecule has 188 valence electrons. The zero-order valence-electron chi connectivity index (χ0n) is 20.8. The maximum Gasteiger partial charge on any atom is 0.412 e. The van der Waals surface area contributed by atoms with Crippen molar-refractivity contribution in [3.05, 3.63) is 83.3 Å². The Morgan fingerprint density at radius 2 is 1.76 bits per heavy atom. The Kier molecular flexibility index (Phi) is 6.13. The van der Waals surface area contributed by atoms with Crippen LogP contribution in [0.4, 0.5) is 16.3 Å². The van der Waals surface area contributed by atoms with Crippen molar-refractivity contribution in [3.63, 3.8) is 0 Å². The number of pyridine rings is 1. The number of aromatic nitrogens is 2. The van der Waals surface area contributed by atoms with Gasteiger partial charge in [-0.1, -0.05) is 29.8 Å². The molecule has 0 spiro atoms. The minimum atomic E-state index is -0.576. The van der Waals surface area contributed by atoms with Gasteiger partial charge in [-0.05, 0) is 80.9 Å². The highest BCUT2D eigenvalue weighted by molar-refractivity contribution is 6.33. The smallest absolute Gasteiger partial charge is 0.412 e. The molecule has 2 N–H and O–H groups in total. The molecule has 9 heteroatoms. The minimum Gasteiger partial charge on any atom is -0.451 e. The Balaban J connectivity index is 1.34. The number of benzene rings is 2. The summed E-state index contributed by atoms with van der Waals surface area (Å²) in [6, 6.07) is 18.3. The number of aryl methyl sites for hydroxylation is 1. The SMILES string of the molecule is Cc1nc2c(Cl)cccn2c1NC(=O)c1ccc(-c2ccc3cc(NC(=O)OC(C)(C)C)ccc3c2)o1. The van der Waals surface area contributed by atoms with Gasteiger partial charge in [0.05, 0.1) is 10.7 Å². The van der Waals surface area contributed by atoms with Gasteiger partial charge in [-0.2, -0.15) is 0 Å². The van der Waals surface area contributed by atoms with E-state index in [1.54, 1.807) is 41.8 Å². The molecular weight excluding hydrogens is 492 g/mol. The molecule has 0 radical (unpaired) electrons. The van der Waals surface area contributed by atoms with Crippen molar-refractivity contribution in [3.8, 4) is 11.3 Å². The van der Waals surface area contributed by atoms with Crippen molar-refractivity contribution in [2.45, 2.75) is 33.3 Å². The predicted octanol–water partition coefficient (Wildman–Crippen LogP) is 7.31. The number of rotatable bonds is 4. The van der Waals surface area contributed by atoms with Crippen molar-refractivity contribution in [1.82, 2.24) is 9.38 Å². The van der Waals surface area contributed by atoms with Gasteiger partial charge in [0, 0.05) is 17.4 Å². The van der Waals surface area contributed by atoms with E-state index in [9.17, 15) is 9.59 Å². The van der Waals surface area contributed by atoms with Crippen molar-refractivity contribution >= 4 is 51.5 Å². The largest absolute Gasteiger partial charge is 0.451 e. The van der Waals surface area contributed by atoms with Gasteiger partial charge in [0.25, 0.3) is 5.91 Å². The number of imidazole rings is 1. The van der Waals surface area contributed by atoms with Crippen molar-refractivity contribution in [1.29, 1.82) is 0 Å². The number of carbonyl (C=O) groups is 2. The van der Waals surface area contributed by atoms with Crippen LogP contribution in [0, 0.1) is 6.92 Å². The van der Waals surface area contributed by atoms with Crippen LogP contribution in [0.5, 0.6) is 0 Å². The van der Waals surface area contributed by atoms with Crippen LogP contribution in [-0.4, -0.2) is 27.0 Å². The molecule has 8 nitrogen and oxygen atoms in total. The second-order valence-electron chi connectivity index (χ2n) is 9.62. The van der Waals surface area contributed by atoms with E-state index in [1.807, 2.05) is 57.2 Å². The molecule has 5 aromatic rings. The summed E-state index contributed by atoms with van der Waals surface area (Å²) in [5.74, 6) is 0.862. The van der Waals surface area contributed by atoms with Gasteiger partial charge in [-0.15, -0.1) is 0 Å². The molecule has 5 rings (SSSR count). The average molecular weight is 517 g/mol. The van der Waals surface area contributed by atoms with Crippen LogP contribution in [0.15, 0.2) is 71.3 Å². The second-order valence-corrected chi connectivity index (χ2v) is 10.0. The Morgan fingerprint density at radius 3 is 2.54 bits per heavy atom. The Hall–Kier alpha value is -4.30. The Bertz CT molecular complexity index is 1660. The molecular formula is C28H25ClN4O4. The molecule has 0 bridgehead atoms. The first-order chi connectivity index (χ1) is 17.6. The quantitative estimate of drug-likeness (QED) is 0.261. The average Bonchev–Trinajstić information content (AvgIpc) is 3.44. The lowest BCUT2D eigenvalue weighted by Gasteiger charge is -2.19. The number of amides is 2. The molecule has 3 aromatic heterocycles. The lowest BCUT2D eigenvalue weighted by molar-refractivity contribution is 0.0635. The molecule has 0 atom stereocenters. The highest BCUT2D eigenvalue weighted by atomic mass is 35.5. The second kappa shape index (κ2) is 9.29. The number of nitrogens with one attached hydrogen (secondary N) is 2. The third-order valence-electron chi connectivity index (χ3n) is 5.61. The fraction of sp³-hybridized carbons (Fsp3) is 0.179. The molecule has 0 aliphatic carbocycles. The van der Waals surface area contributed by atoms with Crippen LogP contribution in [0.3, 0.4) is 0 Å². The number of carbonyl (C=O) groups excluding carboxylic acids is 2. The summed E-state index contributed by atoms with van der Waals surface area (Å²) >= 11 is 6.22. The van der Waals surface area contributed by atoms with Gasteiger partial charge in [-0.3, -0.25) is 14.5 Å². The summed E-state index contributed by atoms with van der Waals surface area (Å²) < 4.78 is 12.9. The first kappa shape index (κ1) is 24.4. The number of anilines is 2. The number of hydrogen-bond donors (Lipinski definition) is 2. The summed E-state index contributed by atoms with van der Waals surface area (Å²) in [6.07, 6.45) is 1.28. The highest BCUT2D eigenvalue weighted by Crippen LogP contribution is 2.29. The molecule has 0 fully saturated rings. The minimum absolute atomic E-state index is 0.170. The maximum atomic E-state index is 12.9. The van der Waals surface area contributed by atoms with E-state index in [0.717, 1.165) is 16.3 Å². The third-order valence-corrected chi connectivity index (χ3v) is 5.90. The van der Waals surface area contributed by atoms with E-state index in [-0.39, 0.29) is 5.76 Å². The Morgan fingerprint density at radius 1 is 1.00 bits per heavy atom. The van der Waals surface area contributed by atoms with Gasteiger partial charge in [0.1, 0.15) is 17.2 Å². The van der Waals surface area contributed by atoms with Gasteiger partial charge in [-0.25, -0.2) is 9.78 Å². The number of fused-ring (bicyclic) bond motifs is 2. The summed E-state index contributed by atoms with van der Waals surface area (Å²) in [5.41, 5.74) is 2.09. The van der Waals surface area contributed by atoms with Crippen LogP contribution < -0.4 is 10.6 Å². The molecule has 0 aliphatic rings. The van der Waals surface area contributed by atoms with Gasteiger partial charge in [0.15, 0.2) is 11.4 Å². The van der Waals surface area contributed by atoms with Crippen molar-refractivity contribution < 1.29 is 18.7 Å². The van der Waals surface area contributed by atoms with E-state index in [1.165, 1.54) is 0 Å². The van der Waals surface area contributed by atoms with Crippen LogP contribution in [0.1, 0.15) is 37.0 Å². The highest BCUT2D eigenvalue weighted by Gasteiger charge is 2.18. The van der Waals surface area contributed by atoms with Crippen molar-refractivity contribution in [2.24, 2.45) is 0 Å². The molecule has 0 saturated heterocycles. The lowest BCUT2D eigenvalue weighted by atomic mass is 10.0. The topological polar surface area (TPSA) is 97.9 Å². The summed E-state index contributed by atoms with van der Waals surface area (Å²) in [6.45, 7) is 7.25. The first-order valence-corrected chi connectivity index (χ1v) is 12.0. The predicted molar refractivity (Wildman–Crippen MR) is 144 cm³/mol. The van der Waals surface area contributed by atoms with Crippen LogP contribution >= 0.6 is 11.6 Å². The third kappa shape index (κ3) is 5.15. The maximum absolute atomic E-state index is 12.9. The number of furan rings is 1. The lowest BCUT2D eigenvalue weighted by Crippen LogP contribution is -2.27. The van der Waals surface area contributed by atoms with E-state index in [4.69, 9.17) is 20.8 Å². The van der Waals surface area contributed by atoms with E-state index < -0.39 is 17.6 Å². The van der Waals surface area contributed by atoms with E-state index in [0.29, 0.717) is 33.6 Å². The summed E-state index contributed by atoms with van der Waals surface area (Å²) in [7, 11) is 0. The molecule has 2 amide bonds. The molecule has 0 saturated carbocycles. The molecule has 3 heterocycles. The molecule has 0 unspecified atom stereocenters. The fourth-order valence-electron chi connectivity index (χ4n) is 3.98. The number of nitrogens with zero attached hydrogens (tertiary/aromatic N) is 2. The van der Waals surface area contributed by atoms with Gasteiger partial charge in [0.2, 0.25) is 0 Å². The number of ether oxygens (including phenoxy) is 1. The zero-order chi connectivity index (χ0) is 26.3. The monoisotopic (exact) mass is 516 g/mol. The van der Waals surface area contributed by atoms with E-state index in [2.05, 4.69) is 15.6 Å². The molecule has 0 aliphatic heterocycles. The van der Waals surface area contributed by atoms with Gasteiger partial charge < -0.3 is 14.5 Å². The Labute approximate surface area is 218 Å². The van der Waals surface area contributed by atoms with Crippen LogP contribution in [-0.2, 0) is 4.74 Å². The normalized spacial score (nSPS) is 11.6. The van der Waals surface area contributed by atoms with E-state index >= 15 is 0 Å². The molecule has 2 aromatic carbocycles. The zero-order valence-corrected chi connectivity index (χ0v) is 21.5. The number of hydrogen-bond acceptors (Lipinski definition) is 5. The van der Waals surface area contributed by atoms with Crippen LogP contribution in [0.2, 0.25) is 5.02 Å². The standard InChI is InChI=1S/C28H25ClN4O4/c1-16-24(33-13-5-6-21(29)25(33)30-16)32-26(34)23-12-11-22(36-23)19-8-7-18-15-20(10-9-17(18)14-19)31-27(35)37-28(2,3)4/h5-15H,1-4H3,(H,31,35)(H,32,34). The molecule has 37 heavy (non-hydrogen) atoms.